The van der Waals surface area contributed by atoms with E-state index < -0.39 is 29.6 Å². The zero-order valence-corrected chi connectivity index (χ0v) is 20.0. The molecule has 0 aliphatic heterocycles. The Morgan fingerprint density at radius 1 is 1.03 bits per heavy atom. The highest BCUT2D eigenvalue weighted by Crippen LogP contribution is 2.29. The summed E-state index contributed by atoms with van der Waals surface area (Å²) in [6.07, 6.45) is -0.706. The van der Waals surface area contributed by atoms with Crippen molar-refractivity contribution in [3.05, 3.63) is 64.2 Å². The number of nitrogens with zero attached hydrogens (tertiary/aromatic N) is 1. The first kappa shape index (κ1) is 25.2. The quantitative estimate of drug-likeness (QED) is 0.659. The molecule has 0 saturated heterocycles. The van der Waals surface area contributed by atoms with Gasteiger partial charge in [-0.05, 0) is 57.4 Å². The molecule has 2 aromatic rings. The number of carbonyl (C=O) groups is 3. The number of nitrogens with one attached hydrogen (secondary N) is 2. The Balaban J connectivity index is 2.27. The summed E-state index contributed by atoms with van der Waals surface area (Å²) in [5, 5.41) is 5.71. The summed E-state index contributed by atoms with van der Waals surface area (Å²) in [6.45, 7) is 8.59. The summed E-state index contributed by atoms with van der Waals surface area (Å²) < 4.78 is 5.17. The molecule has 0 aliphatic carbocycles. The van der Waals surface area contributed by atoms with E-state index in [2.05, 4.69) is 10.6 Å². The molecule has 0 aromatic heterocycles. The van der Waals surface area contributed by atoms with E-state index in [4.69, 9.17) is 16.3 Å². The lowest BCUT2D eigenvalue weighted by Gasteiger charge is -2.29. The summed E-state index contributed by atoms with van der Waals surface area (Å²) >= 11 is 6.28. The van der Waals surface area contributed by atoms with Crippen LogP contribution in [0.25, 0.3) is 0 Å². The molecule has 1 unspecified atom stereocenters. The summed E-state index contributed by atoms with van der Waals surface area (Å²) in [5.74, 6) is -0.862. The number of benzene rings is 2. The van der Waals surface area contributed by atoms with Crippen LogP contribution < -0.4 is 10.6 Å². The Kier molecular flexibility index (Phi) is 8.27. The average molecular weight is 460 g/mol. The number of rotatable bonds is 6. The Morgan fingerprint density at radius 3 is 2.25 bits per heavy atom. The first-order valence-electron chi connectivity index (χ1n) is 10.2. The van der Waals surface area contributed by atoms with Crippen LogP contribution in [0.15, 0.2) is 42.5 Å². The molecule has 0 radical (unpaired) electrons. The maximum atomic E-state index is 13.4. The van der Waals surface area contributed by atoms with Crippen LogP contribution in [-0.4, -0.2) is 42.0 Å². The van der Waals surface area contributed by atoms with Crippen LogP contribution in [0.5, 0.6) is 0 Å². The van der Waals surface area contributed by atoms with E-state index in [1.807, 2.05) is 32.0 Å². The lowest BCUT2D eigenvalue weighted by Crippen LogP contribution is -2.44. The molecule has 2 N–H and O–H groups in total. The smallest absolute Gasteiger partial charge is 0.408 e. The molecule has 0 saturated carbocycles. The Labute approximate surface area is 194 Å². The Hall–Kier alpha value is -3.06. The summed E-state index contributed by atoms with van der Waals surface area (Å²) in [4.78, 5) is 39.5. The number of aryl methyl sites for hydroxylation is 2. The second-order valence-corrected chi connectivity index (χ2v) is 8.95. The third-order valence-electron chi connectivity index (χ3n) is 4.77. The largest absolute Gasteiger partial charge is 0.444 e. The number of amides is 3. The highest BCUT2D eigenvalue weighted by atomic mass is 35.5. The number of ether oxygens (including phenoxy) is 1. The highest BCUT2D eigenvalue weighted by molar-refractivity contribution is 6.34. The van der Waals surface area contributed by atoms with Crippen molar-refractivity contribution in [3.8, 4) is 0 Å². The number of halogens is 1. The van der Waals surface area contributed by atoms with E-state index >= 15 is 0 Å². The van der Waals surface area contributed by atoms with Gasteiger partial charge in [-0.3, -0.25) is 9.59 Å². The van der Waals surface area contributed by atoms with Crippen LogP contribution in [0.4, 0.5) is 10.5 Å². The van der Waals surface area contributed by atoms with E-state index in [9.17, 15) is 14.4 Å². The molecule has 3 amide bonds. The van der Waals surface area contributed by atoms with E-state index in [0.717, 1.165) is 11.1 Å². The van der Waals surface area contributed by atoms with Crippen molar-refractivity contribution in [3.63, 3.8) is 0 Å². The number of alkyl carbamates (subject to hydrolysis) is 1. The molecule has 0 bridgehead atoms. The summed E-state index contributed by atoms with van der Waals surface area (Å²) in [7, 11) is 1.52. The van der Waals surface area contributed by atoms with Gasteiger partial charge in [0.2, 0.25) is 5.91 Å². The number of hydrogen-bond donors (Lipinski definition) is 2. The molecule has 7 nitrogen and oxygen atoms in total. The molecule has 2 rings (SSSR count). The van der Waals surface area contributed by atoms with Crippen LogP contribution in [0.3, 0.4) is 0 Å². The van der Waals surface area contributed by atoms with Crippen molar-refractivity contribution in [2.24, 2.45) is 0 Å². The maximum Gasteiger partial charge on any atom is 0.408 e. The van der Waals surface area contributed by atoms with Gasteiger partial charge in [-0.15, -0.1) is 0 Å². The van der Waals surface area contributed by atoms with Gasteiger partial charge in [-0.2, -0.15) is 0 Å². The van der Waals surface area contributed by atoms with Crippen LogP contribution >= 0.6 is 11.6 Å². The van der Waals surface area contributed by atoms with E-state index in [0.29, 0.717) is 16.3 Å². The Morgan fingerprint density at radius 2 is 1.66 bits per heavy atom. The molecule has 8 heteroatoms. The molecule has 32 heavy (non-hydrogen) atoms. The van der Waals surface area contributed by atoms with Gasteiger partial charge in [0.05, 0.1) is 10.7 Å². The lowest BCUT2D eigenvalue weighted by molar-refractivity contribution is -0.136. The number of para-hydroxylation sites is 1. The number of likely N-dealkylation sites (N-methyl/N-ethyl adjacent to an activating group) is 1. The van der Waals surface area contributed by atoms with Crippen LogP contribution in [-0.2, 0) is 14.3 Å². The normalized spacial score (nSPS) is 12.0. The van der Waals surface area contributed by atoms with E-state index in [-0.39, 0.29) is 6.54 Å². The maximum absolute atomic E-state index is 13.4. The number of hydrogen-bond acceptors (Lipinski definition) is 4. The van der Waals surface area contributed by atoms with E-state index in [1.165, 1.54) is 11.9 Å². The van der Waals surface area contributed by atoms with Crippen molar-refractivity contribution < 1.29 is 19.1 Å². The number of carbonyl (C=O) groups excluding carboxylic acids is 3. The van der Waals surface area contributed by atoms with Gasteiger partial charge in [0.25, 0.3) is 5.91 Å². The predicted molar refractivity (Wildman–Crippen MR) is 126 cm³/mol. The lowest BCUT2D eigenvalue weighted by atomic mass is 9.99. The van der Waals surface area contributed by atoms with Gasteiger partial charge < -0.3 is 20.3 Å². The second-order valence-electron chi connectivity index (χ2n) is 8.54. The first-order chi connectivity index (χ1) is 14.9. The fraction of sp³-hybridized carbons (Fsp3) is 0.375. The monoisotopic (exact) mass is 459 g/mol. The molecule has 0 heterocycles. The third-order valence-corrected chi connectivity index (χ3v) is 5.08. The SMILES string of the molecule is Cc1ccccc1C(C(=O)Nc1c(C)cccc1Cl)N(C)C(=O)CNC(=O)OC(C)(C)C. The predicted octanol–water partition coefficient (Wildman–Crippen LogP) is 4.62. The van der Waals surface area contributed by atoms with Crippen molar-refractivity contribution in [2.45, 2.75) is 46.3 Å². The van der Waals surface area contributed by atoms with Crippen molar-refractivity contribution in [1.82, 2.24) is 10.2 Å². The second kappa shape index (κ2) is 10.5. The van der Waals surface area contributed by atoms with Crippen LogP contribution in [0.1, 0.15) is 43.5 Å². The van der Waals surface area contributed by atoms with Gasteiger partial charge in [0.15, 0.2) is 0 Å². The minimum absolute atomic E-state index is 0.313. The summed E-state index contributed by atoms with van der Waals surface area (Å²) in [5.41, 5.74) is 2.13. The fourth-order valence-electron chi connectivity index (χ4n) is 3.13. The van der Waals surface area contributed by atoms with Gasteiger partial charge in [0.1, 0.15) is 18.2 Å². The van der Waals surface area contributed by atoms with Crippen molar-refractivity contribution >= 4 is 35.2 Å². The minimum atomic E-state index is -0.931. The zero-order valence-electron chi connectivity index (χ0n) is 19.3. The Bertz CT molecular complexity index is 981. The van der Waals surface area contributed by atoms with Gasteiger partial charge in [0, 0.05) is 7.05 Å². The molecular formula is C24H30ClN3O4. The van der Waals surface area contributed by atoms with Crippen molar-refractivity contribution in [2.75, 3.05) is 18.9 Å². The van der Waals surface area contributed by atoms with E-state index in [1.54, 1.807) is 45.0 Å². The minimum Gasteiger partial charge on any atom is -0.444 e. The molecule has 172 valence electrons. The molecule has 0 spiro atoms. The average Bonchev–Trinajstić information content (AvgIpc) is 2.69. The zero-order chi connectivity index (χ0) is 24.1. The van der Waals surface area contributed by atoms with Crippen LogP contribution in [0.2, 0.25) is 5.02 Å². The summed E-state index contributed by atoms with van der Waals surface area (Å²) in [6, 6.07) is 11.7. The third kappa shape index (κ3) is 6.72. The fourth-order valence-corrected chi connectivity index (χ4v) is 3.40. The van der Waals surface area contributed by atoms with Crippen molar-refractivity contribution in [1.29, 1.82) is 0 Å². The number of anilines is 1. The molecule has 1 atom stereocenters. The van der Waals surface area contributed by atoms with Gasteiger partial charge in [-0.25, -0.2) is 4.79 Å². The molecule has 2 aromatic carbocycles. The molecule has 0 fully saturated rings. The van der Waals surface area contributed by atoms with Crippen LogP contribution in [0, 0.1) is 13.8 Å². The highest BCUT2D eigenvalue weighted by Gasteiger charge is 2.31. The standard InChI is InChI=1S/C24H30ClN3O4/c1-15-10-7-8-12-17(15)21(22(30)27-20-16(2)11-9-13-18(20)25)28(6)19(29)14-26-23(31)32-24(3,4)5/h7-13,21H,14H2,1-6H3,(H,26,31)(H,27,30). The molecule has 0 aliphatic rings. The first-order valence-corrected chi connectivity index (χ1v) is 10.6. The topological polar surface area (TPSA) is 87.7 Å². The van der Waals surface area contributed by atoms with Gasteiger partial charge in [-0.1, -0.05) is 48.0 Å². The molecular weight excluding hydrogens is 430 g/mol. The van der Waals surface area contributed by atoms with Gasteiger partial charge >= 0.3 is 6.09 Å².